The molecule has 2 unspecified atom stereocenters. The highest BCUT2D eigenvalue weighted by Crippen LogP contribution is 2.26. The Balaban J connectivity index is 5.06. The number of halogens is 1. The quantitative estimate of drug-likeness (QED) is 0.690. The lowest BCUT2D eigenvalue weighted by molar-refractivity contribution is -0.205. The molecule has 106 valence electrons. The fourth-order valence-corrected chi connectivity index (χ4v) is 1.73. The molecule has 18 heavy (non-hydrogen) atoms. The monoisotopic (exact) mass is 266 g/mol. The number of aliphatic hydroxyl groups excluding tert-OH is 1. The van der Waals surface area contributed by atoms with Gasteiger partial charge in [-0.2, -0.15) is 4.94 Å². The second kappa shape index (κ2) is 7.27. The van der Waals surface area contributed by atoms with Crippen LogP contribution in [0.5, 0.6) is 0 Å². The van der Waals surface area contributed by atoms with Gasteiger partial charge in [-0.1, -0.05) is 0 Å². The van der Waals surface area contributed by atoms with Gasteiger partial charge < -0.3 is 14.6 Å². The van der Waals surface area contributed by atoms with E-state index in [0.717, 1.165) is 6.92 Å². The van der Waals surface area contributed by atoms with E-state index in [0.29, 0.717) is 0 Å². The summed E-state index contributed by atoms with van der Waals surface area (Å²) in [4.78, 5) is 25.5. The number of hydrogen-bond donors (Lipinski definition) is 1. The van der Waals surface area contributed by atoms with Gasteiger partial charge in [-0.15, -0.1) is 0 Å². The number of ether oxygens (including phenoxy) is 2. The topological polar surface area (TPSA) is 82.1 Å². The standard InChI is InChI=1S/C11H19FO6/c1-7(13)10(17-8(2)14)11(4,5-6-16-12)18-9(3)15/h7,10,13H,5-6H2,1-4H3/t7-,10?,11?/m0/s1. The molecule has 0 aliphatic rings. The molecule has 6 nitrogen and oxygen atoms in total. The van der Waals surface area contributed by atoms with Gasteiger partial charge in [0.05, 0.1) is 12.7 Å². The van der Waals surface area contributed by atoms with E-state index in [2.05, 4.69) is 4.94 Å². The summed E-state index contributed by atoms with van der Waals surface area (Å²) in [6.07, 6.45) is -2.25. The van der Waals surface area contributed by atoms with E-state index in [-0.39, 0.29) is 13.0 Å². The minimum atomic E-state index is -1.36. The Bertz CT molecular complexity index is 293. The van der Waals surface area contributed by atoms with E-state index in [1.54, 1.807) is 0 Å². The molecule has 0 aromatic carbocycles. The third-order valence-electron chi connectivity index (χ3n) is 2.39. The van der Waals surface area contributed by atoms with Gasteiger partial charge in [0, 0.05) is 20.3 Å². The average molecular weight is 266 g/mol. The van der Waals surface area contributed by atoms with Crippen molar-refractivity contribution in [3.8, 4) is 0 Å². The summed E-state index contributed by atoms with van der Waals surface area (Å²) < 4.78 is 21.7. The van der Waals surface area contributed by atoms with Crippen LogP contribution in [-0.4, -0.2) is 41.5 Å². The molecule has 0 aromatic heterocycles. The zero-order valence-electron chi connectivity index (χ0n) is 10.9. The van der Waals surface area contributed by atoms with Crippen molar-refractivity contribution in [3.63, 3.8) is 0 Å². The van der Waals surface area contributed by atoms with Crippen LogP contribution in [0.25, 0.3) is 0 Å². The van der Waals surface area contributed by atoms with Crippen LogP contribution in [0.2, 0.25) is 0 Å². The van der Waals surface area contributed by atoms with Gasteiger partial charge in [0.15, 0.2) is 11.7 Å². The van der Waals surface area contributed by atoms with Crippen LogP contribution in [0.15, 0.2) is 0 Å². The lowest BCUT2D eigenvalue weighted by atomic mass is 9.91. The normalized spacial score (nSPS) is 17.4. The van der Waals surface area contributed by atoms with Crippen LogP contribution in [0.1, 0.15) is 34.1 Å². The summed E-state index contributed by atoms with van der Waals surface area (Å²) in [6, 6.07) is 0. The molecule has 0 fully saturated rings. The Hall–Kier alpha value is -1.21. The summed E-state index contributed by atoms with van der Waals surface area (Å²) in [7, 11) is 0. The first-order chi connectivity index (χ1) is 8.23. The van der Waals surface area contributed by atoms with Crippen LogP contribution in [0.4, 0.5) is 4.53 Å². The molecular formula is C11H19FO6. The van der Waals surface area contributed by atoms with Crippen LogP contribution in [0.3, 0.4) is 0 Å². The van der Waals surface area contributed by atoms with Crippen LogP contribution < -0.4 is 0 Å². The van der Waals surface area contributed by atoms with E-state index in [1.807, 2.05) is 0 Å². The Morgan fingerprint density at radius 1 is 1.33 bits per heavy atom. The van der Waals surface area contributed by atoms with Crippen LogP contribution in [0, 0.1) is 0 Å². The van der Waals surface area contributed by atoms with Crippen molar-refractivity contribution in [2.45, 2.75) is 51.9 Å². The van der Waals surface area contributed by atoms with Crippen LogP contribution >= 0.6 is 0 Å². The predicted octanol–water partition coefficient (Wildman–Crippen LogP) is 0.912. The molecule has 0 saturated heterocycles. The summed E-state index contributed by atoms with van der Waals surface area (Å²) >= 11 is 0. The van der Waals surface area contributed by atoms with Crippen molar-refractivity contribution in [2.75, 3.05) is 6.61 Å². The minimum Gasteiger partial charge on any atom is -0.456 e. The maximum absolute atomic E-state index is 11.8. The molecule has 0 rings (SSSR count). The maximum atomic E-state index is 11.8. The molecule has 0 amide bonds. The SMILES string of the molecule is CC(=O)OC([C@H](C)O)C(C)(CCOF)OC(C)=O. The van der Waals surface area contributed by atoms with Gasteiger partial charge in [0.2, 0.25) is 0 Å². The first-order valence-corrected chi connectivity index (χ1v) is 5.51. The highest BCUT2D eigenvalue weighted by Gasteiger charge is 2.42. The lowest BCUT2D eigenvalue weighted by Crippen LogP contribution is -2.51. The maximum Gasteiger partial charge on any atom is 0.303 e. The van der Waals surface area contributed by atoms with E-state index in [1.165, 1.54) is 20.8 Å². The van der Waals surface area contributed by atoms with Crippen molar-refractivity contribution >= 4 is 11.9 Å². The largest absolute Gasteiger partial charge is 0.456 e. The van der Waals surface area contributed by atoms with Gasteiger partial charge in [-0.05, 0) is 18.4 Å². The van der Waals surface area contributed by atoms with Crippen LogP contribution in [-0.2, 0) is 24.0 Å². The molecule has 0 saturated carbocycles. The number of aliphatic hydroxyl groups is 1. The number of hydrogen-bond acceptors (Lipinski definition) is 6. The fraction of sp³-hybridized carbons (Fsp3) is 0.818. The molecule has 0 aromatic rings. The molecule has 0 radical (unpaired) electrons. The van der Waals surface area contributed by atoms with E-state index in [9.17, 15) is 19.2 Å². The van der Waals surface area contributed by atoms with Crippen molar-refractivity contribution in [3.05, 3.63) is 0 Å². The molecule has 0 bridgehead atoms. The number of carbonyl (C=O) groups excluding carboxylic acids is 2. The predicted molar refractivity (Wildman–Crippen MR) is 59.1 cm³/mol. The second-order valence-corrected chi connectivity index (χ2v) is 4.24. The van der Waals surface area contributed by atoms with Gasteiger partial charge >= 0.3 is 11.9 Å². The fourth-order valence-electron chi connectivity index (χ4n) is 1.73. The molecule has 0 spiro atoms. The minimum absolute atomic E-state index is 0.0636. The van der Waals surface area contributed by atoms with Crippen molar-refractivity contribution in [1.82, 2.24) is 0 Å². The Kier molecular flexibility index (Phi) is 6.79. The van der Waals surface area contributed by atoms with Gasteiger partial charge in [0.25, 0.3) is 0 Å². The average Bonchev–Trinajstić information content (AvgIpc) is 2.21. The Labute approximate surface area is 105 Å². The van der Waals surface area contributed by atoms with Crippen molar-refractivity contribution < 1.29 is 33.6 Å². The lowest BCUT2D eigenvalue weighted by Gasteiger charge is -2.37. The second-order valence-electron chi connectivity index (χ2n) is 4.24. The Morgan fingerprint density at radius 2 is 1.89 bits per heavy atom. The highest BCUT2D eigenvalue weighted by atomic mass is 19.3. The summed E-state index contributed by atoms with van der Waals surface area (Å²) in [5.41, 5.74) is -1.36. The zero-order chi connectivity index (χ0) is 14.3. The van der Waals surface area contributed by atoms with Crippen molar-refractivity contribution in [2.24, 2.45) is 0 Å². The third kappa shape index (κ3) is 5.42. The van der Waals surface area contributed by atoms with E-state index >= 15 is 0 Å². The molecule has 0 heterocycles. The summed E-state index contributed by atoms with van der Waals surface area (Å²) in [5.74, 6) is -1.27. The van der Waals surface area contributed by atoms with E-state index in [4.69, 9.17) is 9.47 Å². The first kappa shape index (κ1) is 16.8. The molecule has 0 aliphatic carbocycles. The van der Waals surface area contributed by atoms with E-state index < -0.39 is 29.7 Å². The number of rotatable bonds is 7. The summed E-state index contributed by atoms with van der Waals surface area (Å²) in [6.45, 7) is 4.80. The van der Waals surface area contributed by atoms with Gasteiger partial charge in [-0.25, -0.2) is 0 Å². The zero-order valence-corrected chi connectivity index (χ0v) is 10.9. The molecule has 3 atom stereocenters. The van der Waals surface area contributed by atoms with Gasteiger partial charge in [-0.3, -0.25) is 9.59 Å². The number of carbonyl (C=O) groups is 2. The number of esters is 2. The molecule has 7 heteroatoms. The van der Waals surface area contributed by atoms with Crippen molar-refractivity contribution in [1.29, 1.82) is 0 Å². The molecular weight excluding hydrogens is 247 g/mol. The molecule has 1 N–H and O–H groups in total. The Morgan fingerprint density at radius 3 is 2.22 bits per heavy atom. The third-order valence-corrected chi connectivity index (χ3v) is 2.39. The smallest absolute Gasteiger partial charge is 0.303 e. The first-order valence-electron chi connectivity index (χ1n) is 5.51. The summed E-state index contributed by atoms with van der Waals surface area (Å²) in [5, 5.41) is 9.61. The highest BCUT2D eigenvalue weighted by molar-refractivity contribution is 5.67. The molecule has 0 aliphatic heterocycles. The van der Waals surface area contributed by atoms with Gasteiger partial charge in [0.1, 0.15) is 0 Å².